The molecule has 2 heteroatoms. The Bertz CT molecular complexity index is 429. The third kappa shape index (κ3) is 1.27. The predicted octanol–water partition coefficient (Wildman–Crippen LogP) is 3.79. The largest absolute Gasteiger partial charge is 0.458 e. The lowest BCUT2D eigenvalue weighted by Crippen LogP contribution is -2.54. The first-order chi connectivity index (χ1) is 9.02. The molecule has 0 saturated heterocycles. The summed E-state index contributed by atoms with van der Waals surface area (Å²) >= 11 is 0. The average molecular weight is 262 g/mol. The van der Waals surface area contributed by atoms with Gasteiger partial charge in [-0.3, -0.25) is 4.79 Å². The molecule has 4 aliphatic rings. The lowest BCUT2D eigenvalue weighted by molar-refractivity contribution is -0.188. The summed E-state index contributed by atoms with van der Waals surface area (Å²) in [5.74, 6) is 3.31. The Balaban J connectivity index is 1.69. The van der Waals surface area contributed by atoms with Crippen LogP contribution >= 0.6 is 0 Å². The molecule has 0 radical (unpaired) electrons. The Kier molecular flexibility index (Phi) is 2.29. The van der Waals surface area contributed by atoms with E-state index in [1.165, 1.54) is 32.1 Å². The highest BCUT2D eigenvalue weighted by Gasteiger charge is 2.76. The Hall–Kier alpha value is -0.530. The van der Waals surface area contributed by atoms with Gasteiger partial charge in [0, 0.05) is 5.92 Å². The molecule has 4 fully saturated rings. The first kappa shape index (κ1) is 12.2. The molecule has 6 unspecified atom stereocenters. The lowest BCUT2D eigenvalue weighted by Gasteiger charge is -2.53. The predicted molar refractivity (Wildman–Crippen MR) is 73.4 cm³/mol. The van der Waals surface area contributed by atoms with Crippen LogP contribution in [0.4, 0.5) is 0 Å². The molecule has 0 aromatic rings. The van der Waals surface area contributed by atoms with Crippen molar-refractivity contribution >= 4 is 5.97 Å². The van der Waals surface area contributed by atoms with Crippen LogP contribution in [0.3, 0.4) is 0 Å². The molecule has 0 aromatic heterocycles. The number of fused-ring (bicyclic) bond motifs is 2. The molecule has 0 heterocycles. The van der Waals surface area contributed by atoms with Gasteiger partial charge in [0.1, 0.15) is 5.60 Å². The molecule has 4 saturated carbocycles. The second kappa shape index (κ2) is 3.56. The van der Waals surface area contributed by atoms with Gasteiger partial charge in [-0.15, -0.1) is 0 Å². The summed E-state index contributed by atoms with van der Waals surface area (Å²) in [5, 5.41) is 0. The molecule has 0 aromatic carbocycles. The quantitative estimate of drug-likeness (QED) is 0.723. The van der Waals surface area contributed by atoms with Gasteiger partial charge in [-0.2, -0.15) is 0 Å². The molecule has 4 aliphatic carbocycles. The SMILES string of the molecule is CCC1(OC(=O)C(C)C)C2CC3CC4CC1C4(C3)C2. The molecular formula is C17H26O2. The van der Waals surface area contributed by atoms with Crippen molar-refractivity contribution in [1.29, 1.82) is 0 Å². The summed E-state index contributed by atoms with van der Waals surface area (Å²) in [5.41, 5.74) is 0.508. The van der Waals surface area contributed by atoms with E-state index < -0.39 is 0 Å². The Morgan fingerprint density at radius 1 is 1.21 bits per heavy atom. The van der Waals surface area contributed by atoms with Crippen molar-refractivity contribution in [2.24, 2.45) is 35.0 Å². The third-order valence-electron chi connectivity index (χ3n) is 7.15. The van der Waals surface area contributed by atoms with E-state index in [4.69, 9.17) is 4.74 Å². The van der Waals surface area contributed by atoms with Crippen LogP contribution in [-0.2, 0) is 9.53 Å². The number of ether oxygens (including phenoxy) is 1. The van der Waals surface area contributed by atoms with Gasteiger partial charge in [0.05, 0.1) is 5.92 Å². The Morgan fingerprint density at radius 2 is 1.95 bits per heavy atom. The zero-order valence-electron chi connectivity index (χ0n) is 12.4. The van der Waals surface area contributed by atoms with E-state index in [0.29, 0.717) is 17.3 Å². The van der Waals surface area contributed by atoms with Crippen LogP contribution in [0.1, 0.15) is 59.3 Å². The van der Waals surface area contributed by atoms with Crippen molar-refractivity contribution in [3.63, 3.8) is 0 Å². The second-order valence-electron chi connectivity index (χ2n) is 8.05. The monoisotopic (exact) mass is 262 g/mol. The fourth-order valence-electron chi connectivity index (χ4n) is 6.47. The molecule has 2 nitrogen and oxygen atoms in total. The van der Waals surface area contributed by atoms with Crippen LogP contribution in [0.15, 0.2) is 0 Å². The van der Waals surface area contributed by atoms with E-state index >= 15 is 0 Å². The van der Waals surface area contributed by atoms with Crippen LogP contribution in [-0.4, -0.2) is 11.6 Å². The number of carbonyl (C=O) groups is 1. The van der Waals surface area contributed by atoms with Crippen molar-refractivity contribution in [2.45, 2.75) is 64.9 Å². The van der Waals surface area contributed by atoms with Crippen molar-refractivity contribution in [2.75, 3.05) is 0 Å². The summed E-state index contributed by atoms with van der Waals surface area (Å²) in [6.45, 7) is 6.16. The van der Waals surface area contributed by atoms with Gasteiger partial charge in [-0.05, 0) is 61.7 Å². The summed E-state index contributed by atoms with van der Waals surface area (Å²) in [6.07, 6.45) is 7.98. The van der Waals surface area contributed by atoms with Crippen molar-refractivity contribution in [3.05, 3.63) is 0 Å². The number of esters is 1. The fourth-order valence-corrected chi connectivity index (χ4v) is 6.47. The Morgan fingerprint density at radius 3 is 2.63 bits per heavy atom. The molecule has 1 spiro atoms. The molecule has 0 amide bonds. The van der Waals surface area contributed by atoms with Crippen LogP contribution in [0.2, 0.25) is 0 Å². The van der Waals surface area contributed by atoms with Crippen molar-refractivity contribution in [3.8, 4) is 0 Å². The third-order valence-corrected chi connectivity index (χ3v) is 7.15. The first-order valence-corrected chi connectivity index (χ1v) is 8.24. The van der Waals surface area contributed by atoms with Crippen LogP contribution in [0.5, 0.6) is 0 Å². The summed E-state index contributed by atoms with van der Waals surface area (Å²) in [6, 6.07) is 0. The minimum Gasteiger partial charge on any atom is -0.458 e. The smallest absolute Gasteiger partial charge is 0.308 e. The molecule has 0 aliphatic heterocycles. The topological polar surface area (TPSA) is 26.3 Å². The lowest BCUT2D eigenvalue weighted by atomic mass is 9.53. The van der Waals surface area contributed by atoms with Crippen LogP contribution in [0.25, 0.3) is 0 Å². The van der Waals surface area contributed by atoms with Crippen LogP contribution in [0, 0.1) is 35.0 Å². The average Bonchev–Trinajstić information content (AvgIpc) is 2.65. The maximum atomic E-state index is 12.2. The zero-order chi connectivity index (χ0) is 13.4. The van der Waals surface area contributed by atoms with E-state index in [1.807, 2.05) is 13.8 Å². The van der Waals surface area contributed by atoms with E-state index in [-0.39, 0.29) is 17.5 Å². The van der Waals surface area contributed by atoms with Gasteiger partial charge in [0.2, 0.25) is 0 Å². The van der Waals surface area contributed by atoms with Gasteiger partial charge in [-0.25, -0.2) is 0 Å². The fraction of sp³-hybridized carbons (Fsp3) is 0.941. The van der Waals surface area contributed by atoms with Crippen LogP contribution < -0.4 is 0 Å². The molecule has 4 rings (SSSR count). The Labute approximate surface area is 116 Å². The maximum Gasteiger partial charge on any atom is 0.308 e. The number of hydrogen-bond donors (Lipinski definition) is 0. The van der Waals surface area contributed by atoms with Crippen molar-refractivity contribution in [1.82, 2.24) is 0 Å². The van der Waals surface area contributed by atoms with E-state index in [2.05, 4.69) is 6.92 Å². The summed E-state index contributed by atoms with van der Waals surface area (Å²) in [4.78, 5) is 12.2. The molecule has 3 bridgehead atoms. The maximum absolute atomic E-state index is 12.2. The van der Waals surface area contributed by atoms with Gasteiger partial charge in [-0.1, -0.05) is 20.8 Å². The van der Waals surface area contributed by atoms with E-state index in [0.717, 1.165) is 18.3 Å². The molecule has 0 N–H and O–H groups in total. The molecule has 6 atom stereocenters. The highest BCUT2D eigenvalue weighted by Crippen LogP contribution is 2.79. The molecule has 19 heavy (non-hydrogen) atoms. The standard InChI is InChI=1S/C17H26O2/c1-4-17(19-15(18)10(2)3)13-6-11-5-12-7-14(17)16(12,8-11)9-13/h10-14H,4-9H2,1-3H3. The number of carbonyl (C=O) groups excluding carboxylic acids is 1. The molecular weight excluding hydrogens is 236 g/mol. The first-order valence-electron chi connectivity index (χ1n) is 8.24. The minimum atomic E-state index is -0.0903. The van der Waals surface area contributed by atoms with Gasteiger partial charge in [0.25, 0.3) is 0 Å². The second-order valence-corrected chi connectivity index (χ2v) is 8.05. The number of hydrogen-bond acceptors (Lipinski definition) is 2. The summed E-state index contributed by atoms with van der Waals surface area (Å²) in [7, 11) is 0. The normalized spacial score (nSPS) is 53.3. The minimum absolute atomic E-state index is 0.00874. The number of rotatable bonds is 3. The van der Waals surface area contributed by atoms with E-state index in [9.17, 15) is 4.79 Å². The molecule has 106 valence electrons. The van der Waals surface area contributed by atoms with Crippen molar-refractivity contribution < 1.29 is 9.53 Å². The van der Waals surface area contributed by atoms with Gasteiger partial charge < -0.3 is 4.74 Å². The zero-order valence-corrected chi connectivity index (χ0v) is 12.4. The highest BCUT2D eigenvalue weighted by atomic mass is 16.6. The van der Waals surface area contributed by atoms with Gasteiger partial charge in [0.15, 0.2) is 0 Å². The van der Waals surface area contributed by atoms with E-state index in [1.54, 1.807) is 0 Å². The highest BCUT2D eigenvalue weighted by molar-refractivity contribution is 5.72. The summed E-state index contributed by atoms with van der Waals surface area (Å²) < 4.78 is 6.18. The van der Waals surface area contributed by atoms with Gasteiger partial charge >= 0.3 is 5.97 Å².